The molecule has 1 aliphatic heterocycles. The summed E-state index contributed by atoms with van der Waals surface area (Å²) in [4.78, 5) is 26.8. The summed E-state index contributed by atoms with van der Waals surface area (Å²) in [5, 5.41) is 10.3. The number of ether oxygens (including phenoxy) is 4. The number of carbonyl (C=O) groups is 2. The smallest absolute Gasteiger partial charge is 0.252 e. The molecule has 1 aliphatic rings. The molecule has 36 heavy (non-hydrogen) atoms. The highest BCUT2D eigenvalue weighted by molar-refractivity contribution is 6.04. The van der Waals surface area contributed by atoms with Crippen LogP contribution in [0.25, 0.3) is 0 Å². The first-order valence-electron chi connectivity index (χ1n) is 11.5. The predicted octanol–water partition coefficient (Wildman–Crippen LogP) is 3.04. The molecule has 10 nitrogen and oxygen atoms in total. The minimum Gasteiger partial charge on any atom is -0.494 e. The summed E-state index contributed by atoms with van der Waals surface area (Å²) in [6.45, 7) is 4.35. The zero-order valence-electron chi connectivity index (χ0n) is 21.2. The van der Waals surface area contributed by atoms with E-state index in [9.17, 15) is 9.59 Å². The molecule has 0 aliphatic carbocycles. The molecule has 0 radical (unpaired) electrons. The van der Waals surface area contributed by atoms with Crippen LogP contribution in [0.5, 0.6) is 23.0 Å². The van der Waals surface area contributed by atoms with Gasteiger partial charge in [0.1, 0.15) is 17.6 Å². The van der Waals surface area contributed by atoms with E-state index >= 15 is 0 Å². The third-order valence-electron chi connectivity index (χ3n) is 6.20. The van der Waals surface area contributed by atoms with Gasteiger partial charge in [-0.15, -0.1) is 0 Å². The number of aryl methyl sites for hydroxylation is 2. The standard InChI is InChI=1S/C26H30N4O6/c1-7-36-17-10-8-15(9-11-17)21-20-14(2)29-30(3)24(20)28-26(32)22(21)27-25(31)16-12-18(33-4)23(35-6)19(13-16)34-5/h8-13,21-22H,7H2,1-6H3,(H,27,31)(H,28,32)/t21-,22+/m1/s1. The topological polar surface area (TPSA) is 113 Å². The first kappa shape index (κ1) is 24.9. The van der Waals surface area contributed by atoms with Crippen LogP contribution in [-0.2, 0) is 11.8 Å². The van der Waals surface area contributed by atoms with E-state index in [1.54, 1.807) is 23.9 Å². The lowest BCUT2D eigenvalue weighted by molar-refractivity contribution is -0.118. The molecule has 4 rings (SSSR count). The molecule has 0 unspecified atom stereocenters. The van der Waals surface area contributed by atoms with Gasteiger partial charge in [-0.25, -0.2) is 0 Å². The van der Waals surface area contributed by atoms with E-state index < -0.39 is 17.9 Å². The quantitative estimate of drug-likeness (QED) is 0.495. The molecule has 0 saturated heterocycles. The highest BCUT2D eigenvalue weighted by Crippen LogP contribution is 2.41. The maximum atomic E-state index is 13.4. The Hall–Kier alpha value is -4.21. The van der Waals surface area contributed by atoms with Crippen molar-refractivity contribution in [2.45, 2.75) is 25.8 Å². The molecule has 10 heteroatoms. The average Bonchev–Trinajstić information content (AvgIpc) is 3.16. The fourth-order valence-corrected chi connectivity index (χ4v) is 4.59. The lowest BCUT2D eigenvalue weighted by Gasteiger charge is -2.32. The second kappa shape index (κ2) is 10.2. The SMILES string of the molecule is CCOc1ccc([C@@H]2c3c(C)nn(C)c3NC(=O)[C@H]2NC(=O)c2cc(OC)c(OC)c(OC)c2)cc1. The Labute approximate surface area is 209 Å². The van der Waals surface area contributed by atoms with Crippen molar-refractivity contribution in [3.63, 3.8) is 0 Å². The number of nitrogens with zero attached hydrogens (tertiary/aromatic N) is 2. The van der Waals surface area contributed by atoms with Gasteiger partial charge < -0.3 is 29.6 Å². The molecule has 0 spiro atoms. The normalized spacial score (nSPS) is 16.6. The zero-order valence-corrected chi connectivity index (χ0v) is 21.2. The lowest BCUT2D eigenvalue weighted by Crippen LogP contribution is -2.50. The molecule has 2 amide bonds. The van der Waals surface area contributed by atoms with Gasteiger partial charge in [0, 0.05) is 24.1 Å². The van der Waals surface area contributed by atoms with Crippen LogP contribution in [0, 0.1) is 6.92 Å². The van der Waals surface area contributed by atoms with Crippen LogP contribution >= 0.6 is 0 Å². The number of fused-ring (bicyclic) bond motifs is 1. The zero-order chi connectivity index (χ0) is 26.0. The van der Waals surface area contributed by atoms with Crippen molar-refractivity contribution < 1.29 is 28.5 Å². The van der Waals surface area contributed by atoms with Gasteiger partial charge in [-0.2, -0.15) is 5.10 Å². The highest BCUT2D eigenvalue weighted by atomic mass is 16.5. The van der Waals surface area contributed by atoms with Gasteiger partial charge in [0.15, 0.2) is 11.5 Å². The van der Waals surface area contributed by atoms with Crippen LogP contribution in [0.4, 0.5) is 5.82 Å². The second-order valence-corrected chi connectivity index (χ2v) is 8.31. The van der Waals surface area contributed by atoms with E-state index in [4.69, 9.17) is 18.9 Å². The molecule has 2 aromatic carbocycles. The predicted molar refractivity (Wildman–Crippen MR) is 133 cm³/mol. The molecule has 3 aromatic rings. The molecular formula is C26H30N4O6. The Morgan fingerprint density at radius 1 is 1.08 bits per heavy atom. The summed E-state index contributed by atoms with van der Waals surface area (Å²) in [6, 6.07) is 9.72. The van der Waals surface area contributed by atoms with Gasteiger partial charge in [-0.3, -0.25) is 14.3 Å². The summed E-state index contributed by atoms with van der Waals surface area (Å²) in [6.07, 6.45) is 0. The van der Waals surface area contributed by atoms with Crippen LogP contribution in [0.3, 0.4) is 0 Å². The van der Waals surface area contributed by atoms with E-state index in [-0.39, 0.29) is 11.5 Å². The molecular weight excluding hydrogens is 464 g/mol. The van der Waals surface area contributed by atoms with Gasteiger partial charge in [-0.05, 0) is 43.7 Å². The molecule has 2 atom stereocenters. The number of aromatic nitrogens is 2. The van der Waals surface area contributed by atoms with Gasteiger partial charge in [0.25, 0.3) is 5.91 Å². The summed E-state index contributed by atoms with van der Waals surface area (Å²) in [5.41, 5.74) is 2.71. The number of anilines is 1. The van der Waals surface area contributed by atoms with Gasteiger partial charge in [-0.1, -0.05) is 12.1 Å². The minimum absolute atomic E-state index is 0.261. The third-order valence-corrected chi connectivity index (χ3v) is 6.20. The largest absolute Gasteiger partial charge is 0.494 e. The van der Waals surface area contributed by atoms with Crippen molar-refractivity contribution in [2.75, 3.05) is 33.3 Å². The van der Waals surface area contributed by atoms with E-state index in [0.717, 1.165) is 22.6 Å². The fourth-order valence-electron chi connectivity index (χ4n) is 4.59. The van der Waals surface area contributed by atoms with E-state index in [1.165, 1.54) is 21.3 Å². The molecule has 2 heterocycles. The molecule has 0 fully saturated rings. The van der Waals surface area contributed by atoms with E-state index in [1.807, 2.05) is 38.1 Å². The number of hydrogen-bond acceptors (Lipinski definition) is 7. The highest BCUT2D eigenvalue weighted by Gasteiger charge is 2.41. The Kier molecular flexibility index (Phi) is 7.05. The van der Waals surface area contributed by atoms with E-state index in [0.29, 0.717) is 29.7 Å². The number of rotatable bonds is 8. The Morgan fingerprint density at radius 3 is 2.28 bits per heavy atom. The maximum Gasteiger partial charge on any atom is 0.252 e. The first-order chi connectivity index (χ1) is 17.3. The Balaban J connectivity index is 1.75. The lowest BCUT2D eigenvalue weighted by atomic mass is 9.82. The molecule has 0 saturated carbocycles. The maximum absolute atomic E-state index is 13.4. The molecule has 0 bridgehead atoms. The van der Waals surface area contributed by atoms with Crippen molar-refractivity contribution >= 4 is 17.6 Å². The number of carbonyl (C=O) groups excluding carboxylic acids is 2. The third kappa shape index (κ3) is 4.41. The van der Waals surface area contributed by atoms with Crippen molar-refractivity contribution in [3.8, 4) is 23.0 Å². The Bertz CT molecular complexity index is 1260. The van der Waals surface area contributed by atoms with Crippen LogP contribution < -0.4 is 29.6 Å². The molecule has 190 valence electrons. The summed E-state index contributed by atoms with van der Waals surface area (Å²) >= 11 is 0. The summed E-state index contributed by atoms with van der Waals surface area (Å²) < 4.78 is 23.3. The summed E-state index contributed by atoms with van der Waals surface area (Å²) in [5.74, 6) is 1.10. The monoisotopic (exact) mass is 494 g/mol. The van der Waals surface area contributed by atoms with Crippen LogP contribution in [-0.4, -0.2) is 55.6 Å². The van der Waals surface area contributed by atoms with Gasteiger partial charge >= 0.3 is 0 Å². The van der Waals surface area contributed by atoms with Gasteiger partial charge in [0.05, 0.1) is 33.6 Å². The first-order valence-corrected chi connectivity index (χ1v) is 11.5. The number of amides is 2. The van der Waals surface area contributed by atoms with Gasteiger partial charge in [0.2, 0.25) is 11.7 Å². The number of hydrogen-bond donors (Lipinski definition) is 2. The van der Waals surface area contributed by atoms with Crippen molar-refractivity contribution in [1.29, 1.82) is 0 Å². The Morgan fingerprint density at radius 2 is 1.72 bits per heavy atom. The average molecular weight is 495 g/mol. The fraction of sp³-hybridized carbons (Fsp3) is 0.346. The summed E-state index contributed by atoms with van der Waals surface area (Å²) in [7, 11) is 6.21. The van der Waals surface area contributed by atoms with Crippen molar-refractivity contribution in [3.05, 3.63) is 58.8 Å². The van der Waals surface area contributed by atoms with Crippen LogP contribution in [0.1, 0.15) is 40.0 Å². The molecule has 1 aromatic heterocycles. The number of nitrogens with one attached hydrogen (secondary N) is 2. The van der Waals surface area contributed by atoms with Crippen LogP contribution in [0.15, 0.2) is 36.4 Å². The minimum atomic E-state index is -0.898. The number of methoxy groups -OCH3 is 3. The second-order valence-electron chi connectivity index (χ2n) is 8.31. The number of benzene rings is 2. The van der Waals surface area contributed by atoms with Crippen molar-refractivity contribution in [1.82, 2.24) is 15.1 Å². The van der Waals surface area contributed by atoms with Crippen molar-refractivity contribution in [2.24, 2.45) is 7.05 Å². The van der Waals surface area contributed by atoms with Crippen LogP contribution in [0.2, 0.25) is 0 Å². The molecule has 2 N–H and O–H groups in total. The van der Waals surface area contributed by atoms with E-state index in [2.05, 4.69) is 15.7 Å².